The molecule has 1 aromatic heterocycles. The van der Waals surface area contributed by atoms with Crippen LogP contribution in [0.5, 0.6) is 5.75 Å². The molecule has 1 heterocycles. The van der Waals surface area contributed by atoms with Gasteiger partial charge in [0.05, 0.1) is 24.1 Å². The highest BCUT2D eigenvalue weighted by molar-refractivity contribution is 6.04. The number of rotatable bonds is 8. The molecular weight excluding hydrogens is 362 g/mol. The highest BCUT2D eigenvalue weighted by atomic mass is 16.5. The zero-order chi connectivity index (χ0) is 20.6. The summed E-state index contributed by atoms with van der Waals surface area (Å²) in [6, 6.07) is 19.8. The van der Waals surface area contributed by atoms with Crippen LogP contribution in [-0.4, -0.2) is 23.5 Å². The van der Waals surface area contributed by atoms with E-state index in [1.54, 1.807) is 12.4 Å². The molecule has 0 aliphatic carbocycles. The number of nitrogens with zero attached hydrogens (tertiary/aromatic N) is 2. The van der Waals surface area contributed by atoms with E-state index in [-0.39, 0.29) is 11.9 Å². The van der Waals surface area contributed by atoms with E-state index in [0.717, 1.165) is 18.0 Å². The third kappa shape index (κ3) is 5.57. The number of carbonyl (C=O) groups excluding carboxylic acids is 1. The number of hydrogen-bond acceptors (Lipinski definition) is 4. The summed E-state index contributed by atoms with van der Waals surface area (Å²) in [6.07, 6.45) is 3.39. The van der Waals surface area contributed by atoms with Crippen LogP contribution >= 0.6 is 0 Å². The molecule has 0 atom stereocenters. The summed E-state index contributed by atoms with van der Waals surface area (Å²) in [5.74, 6) is 0.592. The number of pyridine rings is 1. The Morgan fingerprint density at radius 1 is 1.07 bits per heavy atom. The Hall–Kier alpha value is -3.34. The standard InChI is InChI=1S/C24H27N3O2/c1-4-29-23-12-10-21(11-13-23)26-24(28)20-14-22(16-25-15-20)27(18(2)3)17-19-8-6-5-7-9-19/h5-16,18H,4,17H2,1-3H3,(H,26,28). The fourth-order valence-electron chi connectivity index (χ4n) is 3.07. The second kappa shape index (κ2) is 9.73. The van der Waals surface area contributed by atoms with E-state index in [1.807, 2.05) is 55.5 Å². The van der Waals surface area contributed by atoms with Crippen molar-refractivity contribution in [3.63, 3.8) is 0 Å². The second-order valence-electron chi connectivity index (χ2n) is 7.05. The molecule has 0 fully saturated rings. The average molecular weight is 389 g/mol. The van der Waals surface area contributed by atoms with Crippen molar-refractivity contribution in [3.05, 3.63) is 84.2 Å². The fourth-order valence-corrected chi connectivity index (χ4v) is 3.07. The monoisotopic (exact) mass is 389 g/mol. The molecule has 0 radical (unpaired) electrons. The molecule has 0 saturated heterocycles. The van der Waals surface area contributed by atoms with Crippen molar-refractivity contribution in [3.8, 4) is 5.75 Å². The van der Waals surface area contributed by atoms with Gasteiger partial charge in [0.15, 0.2) is 0 Å². The van der Waals surface area contributed by atoms with E-state index in [2.05, 4.69) is 41.2 Å². The normalized spacial score (nSPS) is 10.6. The summed E-state index contributed by atoms with van der Waals surface area (Å²) >= 11 is 0. The van der Waals surface area contributed by atoms with Gasteiger partial charge in [-0.05, 0) is 56.7 Å². The van der Waals surface area contributed by atoms with Crippen LogP contribution in [0, 0.1) is 0 Å². The van der Waals surface area contributed by atoms with Crippen LogP contribution in [-0.2, 0) is 6.54 Å². The maximum Gasteiger partial charge on any atom is 0.257 e. The SMILES string of the molecule is CCOc1ccc(NC(=O)c2cncc(N(Cc3ccccc3)C(C)C)c2)cc1. The lowest BCUT2D eigenvalue weighted by Crippen LogP contribution is -2.30. The smallest absolute Gasteiger partial charge is 0.257 e. The van der Waals surface area contributed by atoms with E-state index in [1.165, 1.54) is 5.56 Å². The molecule has 0 aliphatic heterocycles. The topological polar surface area (TPSA) is 54.5 Å². The van der Waals surface area contributed by atoms with Crippen molar-refractivity contribution in [1.29, 1.82) is 0 Å². The lowest BCUT2D eigenvalue weighted by Gasteiger charge is -2.29. The van der Waals surface area contributed by atoms with Crippen LogP contribution in [0.2, 0.25) is 0 Å². The Labute approximate surface area is 172 Å². The molecule has 1 N–H and O–H groups in total. The number of hydrogen-bond donors (Lipinski definition) is 1. The zero-order valence-electron chi connectivity index (χ0n) is 17.1. The Kier molecular flexibility index (Phi) is 6.85. The molecule has 0 aliphatic rings. The Balaban J connectivity index is 1.75. The zero-order valence-corrected chi connectivity index (χ0v) is 17.1. The van der Waals surface area contributed by atoms with Crippen LogP contribution in [0.4, 0.5) is 11.4 Å². The lowest BCUT2D eigenvalue weighted by molar-refractivity contribution is 0.102. The summed E-state index contributed by atoms with van der Waals surface area (Å²) in [6.45, 7) is 7.57. The summed E-state index contributed by atoms with van der Waals surface area (Å²) in [4.78, 5) is 19.3. The van der Waals surface area contributed by atoms with Gasteiger partial charge < -0.3 is 15.0 Å². The second-order valence-corrected chi connectivity index (χ2v) is 7.05. The number of carbonyl (C=O) groups is 1. The first-order valence-corrected chi connectivity index (χ1v) is 9.86. The lowest BCUT2D eigenvalue weighted by atomic mass is 10.1. The Morgan fingerprint density at radius 2 is 1.79 bits per heavy atom. The minimum atomic E-state index is -0.188. The molecule has 29 heavy (non-hydrogen) atoms. The van der Waals surface area contributed by atoms with Crippen molar-refractivity contribution >= 4 is 17.3 Å². The van der Waals surface area contributed by atoms with Gasteiger partial charge in [0, 0.05) is 24.5 Å². The van der Waals surface area contributed by atoms with Gasteiger partial charge in [-0.25, -0.2) is 0 Å². The predicted molar refractivity (Wildman–Crippen MR) is 118 cm³/mol. The van der Waals surface area contributed by atoms with Crippen LogP contribution in [0.15, 0.2) is 73.1 Å². The average Bonchev–Trinajstić information content (AvgIpc) is 2.74. The van der Waals surface area contributed by atoms with E-state index in [0.29, 0.717) is 17.9 Å². The van der Waals surface area contributed by atoms with Gasteiger partial charge in [-0.1, -0.05) is 30.3 Å². The third-order valence-electron chi connectivity index (χ3n) is 4.56. The minimum Gasteiger partial charge on any atom is -0.494 e. The van der Waals surface area contributed by atoms with E-state index in [9.17, 15) is 4.79 Å². The molecule has 5 nitrogen and oxygen atoms in total. The van der Waals surface area contributed by atoms with Gasteiger partial charge in [-0.2, -0.15) is 0 Å². The Bertz CT molecular complexity index is 924. The molecule has 150 valence electrons. The fraction of sp³-hybridized carbons (Fsp3) is 0.250. The van der Waals surface area contributed by atoms with E-state index in [4.69, 9.17) is 4.74 Å². The molecular formula is C24H27N3O2. The summed E-state index contributed by atoms with van der Waals surface area (Å²) in [5, 5.41) is 2.92. The van der Waals surface area contributed by atoms with Crippen molar-refractivity contribution in [2.75, 3.05) is 16.8 Å². The minimum absolute atomic E-state index is 0.188. The highest BCUT2D eigenvalue weighted by Crippen LogP contribution is 2.22. The first kappa shape index (κ1) is 20.4. The number of ether oxygens (including phenoxy) is 1. The third-order valence-corrected chi connectivity index (χ3v) is 4.56. The molecule has 0 unspecified atom stereocenters. The van der Waals surface area contributed by atoms with Crippen LogP contribution in [0.3, 0.4) is 0 Å². The molecule has 5 heteroatoms. The maximum atomic E-state index is 12.7. The predicted octanol–water partition coefficient (Wildman–Crippen LogP) is 5.15. The molecule has 0 bridgehead atoms. The Morgan fingerprint density at radius 3 is 2.45 bits per heavy atom. The van der Waals surface area contributed by atoms with Gasteiger partial charge in [-0.15, -0.1) is 0 Å². The van der Waals surface area contributed by atoms with E-state index < -0.39 is 0 Å². The van der Waals surface area contributed by atoms with Gasteiger partial charge in [0.2, 0.25) is 0 Å². The number of aromatic nitrogens is 1. The molecule has 2 aromatic carbocycles. The molecule has 0 spiro atoms. The molecule has 3 rings (SSSR count). The van der Waals surface area contributed by atoms with Crippen molar-refractivity contribution < 1.29 is 9.53 Å². The first-order valence-electron chi connectivity index (χ1n) is 9.86. The maximum absolute atomic E-state index is 12.7. The number of benzene rings is 2. The number of anilines is 2. The summed E-state index contributed by atoms with van der Waals surface area (Å²) < 4.78 is 5.44. The number of nitrogens with one attached hydrogen (secondary N) is 1. The van der Waals surface area contributed by atoms with Crippen LogP contribution < -0.4 is 15.0 Å². The highest BCUT2D eigenvalue weighted by Gasteiger charge is 2.15. The van der Waals surface area contributed by atoms with Crippen LogP contribution in [0.25, 0.3) is 0 Å². The summed E-state index contributed by atoms with van der Waals surface area (Å²) in [5.41, 5.74) is 3.37. The van der Waals surface area contributed by atoms with Gasteiger partial charge in [0.25, 0.3) is 5.91 Å². The largest absolute Gasteiger partial charge is 0.494 e. The molecule has 3 aromatic rings. The van der Waals surface area contributed by atoms with Gasteiger partial charge >= 0.3 is 0 Å². The van der Waals surface area contributed by atoms with Crippen molar-refractivity contribution in [2.24, 2.45) is 0 Å². The van der Waals surface area contributed by atoms with Crippen molar-refractivity contribution in [2.45, 2.75) is 33.4 Å². The van der Waals surface area contributed by atoms with E-state index >= 15 is 0 Å². The van der Waals surface area contributed by atoms with Crippen LogP contribution in [0.1, 0.15) is 36.7 Å². The summed E-state index contributed by atoms with van der Waals surface area (Å²) in [7, 11) is 0. The van der Waals surface area contributed by atoms with Gasteiger partial charge in [0.1, 0.15) is 5.75 Å². The first-order chi connectivity index (χ1) is 14.1. The van der Waals surface area contributed by atoms with Crippen molar-refractivity contribution in [1.82, 2.24) is 4.98 Å². The molecule has 1 amide bonds. The van der Waals surface area contributed by atoms with Gasteiger partial charge in [-0.3, -0.25) is 9.78 Å². The quantitative estimate of drug-likeness (QED) is 0.579. The molecule has 0 saturated carbocycles. The number of amides is 1.